The number of aliphatic hydroxyl groups is 2. The number of aliphatic hydroxyl groups excluding tert-OH is 1. The lowest BCUT2D eigenvalue weighted by Gasteiger charge is -2.35. The third kappa shape index (κ3) is 5.31. The summed E-state index contributed by atoms with van der Waals surface area (Å²) in [6.07, 6.45) is 6.59. The maximum Gasteiger partial charge on any atom is 0.290 e. The first-order valence-electron chi connectivity index (χ1n) is 6.63. The topological polar surface area (TPSA) is 77.8 Å². The van der Waals surface area contributed by atoms with Crippen LogP contribution in [0.5, 0.6) is 0 Å². The van der Waals surface area contributed by atoms with Gasteiger partial charge in [0.15, 0.2) is 0 Å². The summed E-state index contributed by atoms with van der Waals surface area (Å²) in [4.78, 5) is 8.36. The lowest BCUT2D eigenvalue weighted by molar-refractivity contribution is -0.122. The van der Waals surface area contributed by atoms with Crippen molar-refractivity contribution in [2.24, 2.45) is 5.41 Å². The van der Waals surface area contributed by atoms with Crippen molar-refractivity contribution in [3.63, 3.8) is 0 Å². The Hall–Kier alpha value is -1.39. The van der Waals surface area contributed by atoms with Crippen LogP contribution in [-0.4, -0.2) is 33.5 Å². The van der Waals surface area contributed by atoms with Gasteiger partial charge in [0.05, 0.1) is 11.7 Å². The third-order valence-corrected chi connectivity index (χ3v) is 3.70. The first kappa shape index (κ1) is 18.6. The van der Waals surface area contributed by atoms with E-state index in [2.05, 4.69) is 20.4 Å². The highest BCUT2D eigenvalue weighted by atomic mass is 16.3. The Morgan fingerprint density at radius 1 is 1.45 bits per heavy atom. The summed E-state index contributed by atoms with van der Waals surface area (Å²) in [7, 11) is 0. The fourth-order valence-electron chi connectivity index (χ4n) is 2.24. The van der Waals surface area contributed by atoms with E-state index in [9.17, 15) is 10.2 Å². The highest BCUT2D eigenvalue weighted by Crippen LogP contribution is 2.41. The minimum Gasteiger partial charge on any atom is -0.483 e. The molecular formula is C16H26O4. The maximum absolute atomic E-state index is 9.89. The van der Waals surface area contributed by atoms with Gasteiger partial charge in [-0.1, -0.05) is 32.6 Å². The molecule has 0 aromatic rings. The van der Waals surface area contributed by atoms with Gasteiger partial charge >= 0.3 is 0 Å². The number of hydrogen-bond donors (Lipinski definition) is 3. The molecule has 0 saturated heterocycles. The first-order chi connectivity index (χ1) is 9.11. The Balaban J connectivity index is 0.00000110. The van der Waals surface area contributed by atoms with Crippen molar-refractivity contribution in [3.8, 4) is 0 Å². The summed E-state index contributed by atoms with van der Waals surface area (Å²) in [5.74, 6) is 0. The Kier molecular flexibility index (Phi) is 6.89. The largest absolute Gasteiger partial charge is 0.483 e. The molecule has 1 aliphatic rings. The average Bonchev–Trinajstić information content (AvgIpc) is 2.35. The monoisotopic (exact) mass is 282 g/mol. The molecule has 0 aromatic heterocycles. The third-order valence-electron chi connectivity index (χ3n) is 3.70. The van der Waals surface area contributed by atoms with Gasteiger partial charge in [0.25, 0.3) is 6.47 Å². The molecule has 1 aliphatic carbocycles. The summed E-state index contributed by atoms with van der Waals surface area (Å²) >= 11 is 0. The Bertz CT molecular complexity index is 403. The van der Waals surface area contributed by atoms with Crippen molar-refractivity contribution in [2.45, 2.75) is 52.2 Å². The van der Waals surface area contributed by atoms with Gasteiger partial charge in [0.2, 0.25) is 0 Å². The zero-order valence-electron chi connectivity index (χ0n) is 12.8. The van der Waals surface area contributed by atoms with E-state index in [-0.39, 0.29) is 18.0 Å². The fraction of sp³-hybridized carbons (Fsp3) is 0.562. The summed E-state index contributed by atoms with van der Waals surface area (Å²) < 4.78 is 0. The molecule has 0 spiro atoms. The predicted octanol–water partition coefficient (Wildman–Crippen LogP) is 2.68. The molecule has 3 N–H and O–H groups in total. The molecular weight excluding hydrogens is 256 g/mol. The number of carboxylic acid groups (broad SMARTS) is 1. The fourth-order valence-corrected chi connectivity index (χ4v) is 2.24. The van der Waals surface area contributed by atoms with Crippen LogP contribution in [0.25, 0.3) is 0 Å². The van der Waals surface area contributed by atoms with Crippen molar-refractivity contribution < 1.29 is 20.1 Å². The quantitative estimate of drug-likeness (QED) is 0.549. The van der Waals surface area contributed by atoms with E-state index >= 15 is 0 Å². The zero-order chi connectivity index (χ0) is 16.0. The molecule has 0 aromatic carbocycles. The summed E-state index contributed by atoms with van der Waals surface area (Å²) in [6.45, 7) is 11.4. The van der Waals surface area contributed by atoms with Gasteiger partial charge in [0.1, 0.15) is 0 Å². The van der Waals surface area contributed by atoms with E-state index in [1.807, 2.05) is 13.0 Å². The Morgan fingerprint density at radius 3 is 2.40 bits per heavy atom. The van der Waals surface area contributed by atoms with Crippen LogP contribution in [0, 0.1) is 5.41 Å². The smallest absolute Gasteiger partial charge is 0.290 e. The van der Waals surface area contributed by atoms with Gasteiger partial charge in [0, 0.05) is 0 Å². The van der Waals surface area contributed by atoms with Crippen LogP contribution in [-0.2, 0) is 4.79 Å². The lowest BCUT2D eigenvalue weighted by Crippen LogP contribution is -2.27. The van der Waals surface area contributed by atoms with Crippen molar-refractivity contribution in [1.82, 2.24) is 0 Å². The normalized spacial score (nSPS) is 24.6. The van der Waals surface area contributed by atoms with Crippen LogP contribution in [0.4, 0.5) is 0 Å². The van der Waals surface area contributed by atoms with E-state index in [0.29, 0.717) is 0 Å². The van der Waals surface area contributed by atoms with Gasteiger partial charge in [-0.2, -0.15) is 0 Å². The summed E-state index contributed by atoms with van der Waals surface area (Å²) in [5, 5.41) is 26.7. The summed E-state index contributed by atoms with van der Waals surface area (Å²) in [5.41, 5.74) is 1.19. The zero-order valence-corrected chi connectivity index (χ0v) is 12.8. The van der Waals surface area contributed by atoms with E-state index in [4.69, 9.17) is 9.90 Å². The minimum absolute atomic E-state index is 0.0526. The van der Waals surface area contributed by atoms with Crippen LogP contribution in [0.15, 0.2) is 36.0 Å². The van der Waals surface area contributed by atoms with Gasteiger partial charge in [-0.25, -0.2) is 0 Å². The number of allylic oxidation sites excluding steroid dienone is 2. The molecule has 2 unspecified atom stereocenters. The number of rotatable bonds is 3. The second-order valence-electron chi connectivity index (χ2n) is 5.90. The Morgan fingerprint density at radius 2 is 1.95 bits per heavy atom. The molecule has 4 heteroatoms. The SMILES string of the molecule is C=CC(C)(O)/C=C/C1=C(C)C(O)CCC1(C)C.O=CO. The van der Waals surface area contributed by atoms with Gasteiger partial charge < -0.3 is 15.3 Å². The predicted molar refractivity (Wildman–Crippen MR) is 80.4 cm³/mol. The second-order valence-corrected chi connectivity index (χ2v) is 5.90. The van der Waals surface area contributed by atoms with E-state index in [0.717, 1.165) is 24.0 Å². The molecule has 0 amide bonds. The van der Waals surface area contributed by atoms with Crippen molar-refractivity contribution in [1.29, 1.82) is 0 Å². The number of carbonyl (C=O) groups is 1. The Labute approximate surface area is 121 Å². The number of hydrogen-bond acceptors (Lipinski definition) is 3. The van der Waals surface area contributed by atoms with Gasteiger partial charge in [-0.3, -0.25) is 4.79 Å². The molecule has 114 valence electrons. The molecule has 2 atom stereocenters. The molecule has 0 radical (unpaired) electrons. The van der Waals surface area contributed by atoms with E-state index in [1.165, 1.54) is 6.08 Å². The minimum atomic E-state index is -0.994. The molecule has 4 nitrogen and oxygen atoms in total. The molecule has 1 rings (SSSR count). The maximum atomic E-state index is 9.89. The van der Waals surface area contributed by atoms with Gasteiger partial charge in [-0.15, -0.1) is 0 Å². The lowest BCUT2D eigenvalue weighted by atomic mass is 9.71. The van der Waals surface area contributed by atoms with Crippen molar-refractivity contribution in [2.75, 3.05) is 0 Å². The van der Waals surface area contributed by atoms with Crippen LogP contribution < -0.4 is 0 Å². The average molecular weight is 282 g/mol. The van der Waals surface area contributed by atoms with Crippen LogP contribution in [0.1, 0.15) is 40.5 Å². The summed E-state index contributed by atoms with van der Waals surface area (Å²) in [6, 6.07) is 0. The van der Waals surface area contributed by atoms with Crippen LogP contribution in [0.2, 0.25) is 0 Å². The standard InChI is InChI=1S/C15H24O2.CH2O2/c1-6-15(5,17)10-7-12-11(2)13(16)8-9-14(12,3)4;2-1-3/h6-7,10,13,16-17H,1,8-9H2,2-5H3;1H,(H,2,3)/b10-7+;. The van der Waals surface area contributed by atoms with E-state index in [1.54, 1.807) is 13.0 Å². The van der Waals surface area contributed by atoms with Crippen molar-refractivity contribution in [3.05, 3.63) is 36.0 Å². The van der Waals surface area contributed by atoms with Gasteiger partial charge in [-0.05, 0) is 49.3 Å². The molecule has 0 fully saturated rings. The second kappa shape index (κ2) is 7.41. The van der Waals surface area contributed by atoms with Crippen LogP contribution in [0.3, 0.4) is 0 Å². The highest BCUT2D eigenvalue weighted by Gasteiger charge is 2.31. The van der Waals surface area contributed by atoms with E-state index < -0.39 is 5.60 Å². The molecule has 0 bridgehead atoms. The first-order valence-corrected chi connectivity index (χ1v) is 6.63. The van der Waals surface area contributed by atoms with Crippen LogP contribution >= 0.6 is 0 Å². The highest BCUT2D eigenvalue weighted by molar-refractivity contribution is 5.36. The molecule has 0 saturated carbocycles. The molecule has 20 heavy (non-hydrogen) atoms. The van der Waals surface area contributed by atoms with Crippen molar-refractivity contribution >= 4 is 6.47 Å². The molecule has 0 aliphatic heterocycles. The molecule has 0 heterocycles.